The van der Waals surface area contributed by atoms with Gasteiger partial charge in [-0.15, -0.1) is 0 Å². The Morgan fingerprint density at radius 2 is 2.16 bits per heavy atom. The molecule has 1 N–H and O–H groups in total. The van der Waals surface area contributed by atoms with Crippen molar-refractivity contribution in [2.24, 2.45) is 0 Å². The van der Waals surface area contributed by atoms with Gasteiger partial charge in [-0.1, -0.05) is 0 Å². The minimum absolute atomic E-state index is 0.0194. The van der Waals surface area contributed by atoms with Crippen LogP contribution in [-0.2, 0) is 17.6 Å². The van der Waals surface area contributed by atoms with Gasteiger partial charge in [0.15, 0.2) is 5.89 Å². The number of aromatic nitrogens is 1. The van der Waals surface area contributed by atoms with Crippen molar-refractivity contribution >= 4 is 0 Å². The number of hydrogen-bond acceptors (Lipinski definition) is 4. The number of halogens is 3. The Morgan fingerprint density at radius 1 is 1.37 bits per heavy atom. The fourth-order valence-electron chi connectivity index (χ4n) is 1.61. The van der Waals surface area contributed by atoms with Gasteiger partial charge in [-0.25, -0.2) is 4.98 Å². The van der Waals surface area contributed by atoms with Gasteiger partial charge in [-0.05, 0) is 12.8 Å². The van der Waals surface area contributed by atoms with E-state index in [0.29, 0.717) is 30.5 Å². The number of ether oxygens (including phenoxy) is 1. The van der Waals surface area contributed by atoms with Crippen molar-refractivity contribution in [3.05, 3.63) is 17.8 Å². The lowest BCUT2D eigenvalue weighted by atomic mass is 10.4. The largest absolute Gasteiger partial charge is 0.446 e. The van der Waals surface area contributed by atoms with E-state index in [2.05, 4.69) is 15.0 Å². The minimum Gasteiger partial charge on any atom is -0.446 e. The third-order valence-corrected chi connectivity index (χ3v) is 2.71. The molecule has 1 aromatic heterocycles. The topological polar surface area (TPSA) is 47.3 Å². The first-order chi connectivity index (χ1) is 9.03. The highest BCUT2D eigenvalue weighted by Gasteiger charge is 2.27. The van der Waals surface area contributed by atoms with Gasteiger partial charge in [0.2, 0.25) is 0 Å². The van der Waals surface area contributed by atoms with Crippen molar-refractivity contribution < 1.29 is 22.3 Å². The molecular formula is C12H17F3N2O2. The second kappa shape index (κ2) is 6.38. The lowest BCUT2D eigenvalue weighted by Crippen LogP contribution is -2.19. The highest BCUT2D eigenvalue weighted by Crippen LogP contribution is 2.18. The van der Waals surface area contributed by atoms with Gasteiger partial charge in [0, 0.05) is 25.4 Å². The summed E-state index contributed by atoms with van der Waals surface area (Å²) in [5.74, 6) is 1.17. The summed E-state index contributed by atoms with van der Waals surface area (Å²) >= 11 is 0. The molecule has 2 rings (SSSR count). The molecule has 0 aromatic carbocycles. The Hall–Kier alpha value is -1.08. The van der Waals surface area contributed by atoms with Crippen molar-refractivity contribution in [3.8, 4) is 0 Å². The average Bonchev–Trinajstić information content (AvgIpc) is 3.03. The van der Waals surface area contributed by atoms with E-state index in [1.807, 2.05) is 0 Å². The Labute approximate surface area is 109 Å². The maximum atomic E-state index is 11.8. The number of nitrogens with one attached hydrogen (secondary N) is 1. The Bertz CT molecular complexity index is 389. The third kappa shape index (κ3) is 6.07. The van der Waals surface area contributed by atoms with Crippen LogP contribution in [0.2, 0.25) is 0 Å². The summed E-state index contributed by atoms with van der Waals surface area (Å²) in [6.45, 7) is -0.428. The lowest BCUT2D eigenvalue weighted by molar-refractivity contribution is -0.173. The molecule has 0 atom stereocenters. The molecule has 1 aliphatic rings. The van der Waals surface area contributed by atoms with E-state index in [1.54, 1.807) is 6.20 Å². The van der Waals surface area contributed by atoms with Crippen LogP contribution in [0, 0.1) is 0 Å². The molecule has 0 bridgehead atoms. The fraction of sp³-hybridized carbons (Fsp3) is 0.750. The maximum absolute atomic E-state index is 11.8. The highest BCUT2D eigenvalue weighted by atomic mass is 19.4. The van der Waals surface area contributed by atoms with Crippen molar-refractivity contribution in [3.63, 3.8) is 0 Å². The third-order valence-electron chi connectivity index (χ3n) is 2.71. The molecule has 0 amide bonds. The zero-order valence-corrected chi connectivity index (χ0v) is 10.5. The molecular weight excluding hydrogens is 261 g/mol. The first-order valence-corrected chi connectivity index (χ1v) is 6.34. The molecule has 0 spiro atoms. The van der Waals surface area contributed by atoms with E-state index in [0.717, 1.165) is 6.54 Å². The Morgan fingerprint density at radius 3 is 2.84 bits per heavy atom. The zero-order chi connectivity index (χ0) is 13.7. The monoisotopic (exact) mass is 278 g/mol. The molecule has 0 unspecified atom stereocenters. The van der Waals surface area contributed by atoms with Crippen LogP contribution in [-0.4, -0.2) is 37.0 Å². The van der Waals surface area contributed by atoms with Crippen LogP contribution in [0.5, 0.6) is 0 Å². The van der Waals surface area contributed by atoms with Gasteiger partial charge in [0.25, 0.3) is 0 Å². The van der Waals surface area contributed by atoms with Crippen LogP contribution in [0.4, 0.5) is 13.2 Å². The smallest absolute Gasteiger partial charge is 0.411 e. The quantitative estimate of drug-likeness (QED) is 0.740. The molecule has 1 aromatic rings. The number of alkyl halides is 3. The summed E-state index contributed by atoms with van der Waals surface area (Å²) in [5.41, 5.74) is 0. The van der Waals surface area contributed by atoms with E-state index < -0.39 is 12.8 Å². The average molecular weight is 278 g/mol. The van der Waals surface area contributed by atoms with Gasteiger partial charge in [0.05, 0.1) is 12.8 Å². The van der Waals surface area contributed by atoms with E-state index in [-0.39, 0.29) is 6.61 Å². The van der Waals surface area contributed by atoms with Gasteiger partial charge in [-0.2, -0.15) is 13.2 Å². The fourth-order valence-corrected chi connectivity index (χ4v) is 1.61. The molecule has 1 fully saturated rings. The maximum Gasteiger partial charge on any atom is 0.411 e. The van der Waals surface area contributed by atoms with Crippen LogP contribution in [0.1, 0.15) is 24.5 Å². The molecule has 0 radical (unpaired) electrons. The van der Waals surface area contributed by atoms with Gasteiger partial charge >= 0.3 is 6.18 Å². The van der Waals surface area contributed by atoms with Crippen LogP contribution >= 0.6 is 0 Å². The second-order valence-corrected chi connectivity index (χ2v) is 4.62. The van der Waals surface area contributed by atoms with Crippen LogP contribution < -0.4 is 5.32 Å². The Balaban J connectivity index is 1.59. The Kier molecular flexibility index (Phi) is 4.81. The summed E-state index contributed by atoms with van der Waals surface area (Å²) in [4.78, 5) is 4.08. The number of oxazole rings is 1. The van der Waals surface area contributed by atoms with Gasteiger partial charge in [0.1, 0.15) is 12.4 Å². The van der Waals surface area contributed by atoms with Crippen LogP contribution in [0.3, 0.4) is 0 Å². The highest BCUT2D eigenvalue weighted by molar-refractivity contribution is 4.95. The molecule has 19 heavy (non-hydrogen) atoms. The summed E-state index contributed by atoms with van der Waals surface area (Å²) in [6.07, 6.45) is 0.726. The number of hydrogen-bond donors (Lipinski definition) is 1. The predicted molar refractivity (Wildman–Crippen MR) is 61.8 cm³/mol. The van der Waals surface area contributed by atoms with E-state index in [4.69, 9.17) is 4.42 Å². The summed E-state index contributed by atoms with van der Waals surface area (Å²) in [5, 5.41) is 3.33. The second-order valence-electron chi connectivity index (χ2n) is 4.62. The molecule has 1 aliphatic carbocycles. The van der Waals surface area contributed by atoms with Crippen LogP contribution in [0.25, 0.3) is 0 Å². The molecule has 0 saturated heterocycles. The summed E-state index contributed by atoms with van der Waals surface area (Å²) in [6, 6.07) is 0.644. The van der Waals surface area contributed by atoms with Crippen molar-refractivity contribution in [1.29, 1.82) is 0 Å². The zero-order valence-electron chi connectivity index (χ0n) is 10.5. The molecule has 1 heterocycles. The normalized spacial score (nSPS) is 15.9. The van der Waals surface area contributed by atoms with Crippen molar-refractivity contribution in [2.75, 3.05) is 19.8 Å². The lowest BCUT2D eigenvalue weighted by Gasteiger charge is -2.06. The van der Waals surface area contributed by atoms with E-state index in [1.165, 1.54) is 12.8 Å². The van der Waals surface area contributed by atoms with Gasteiger partial charge < -0.3 is 14.5 Å². The molecule has 4 nitrogen and oxygen atoms in total. The van der Waals surface area contributed by atoms with Gasteiger partial charge in [-0.3, -0.25) is 0 Å². The summed E-state index contributed by atoms with van der Waals surface area (Å²) in [7, 11) is 0. The van der Waals surface area contributed by atoms with E-state index >= 15 is 0 Å². The molecule has 7 heteroatoms. The first-order valence-electron chi connectivity index (χ1n) is 6.34. The number of nitrogens with zero attached hydrogens (tertiary/aromatic N) is 1. The van der Waals surface area contributed by atoms with Crippen LogP contribution in [0.15, 0.2) is 10.6 Å². The van der Waals surface area contributed by atoms with Crippen molar-refractivity contribution in [2.45, 2.75) is 37.9 Å². The molecule has 1 saturated carbocycles. The predicted octanol–water partition coefficient (Wildman–Crippen LogP) is 2.09. The number of rotatable bonds is 8. The van der Waals surface area contributed by atoms with E-state index in [9.17, 15) is 13.2 Å². The SMILES string of the molecule is FC(F)(F)COCCc1cnc(CCNC2CC2)o1. The standard InChI is InChI=1S/C12H17F3N2O2/c13-12(14,15)8-18-6-4-10-7-17-11(19-10)3-5-16-9-1-2-9/h7,9,16H,1-6,8H2. The molecule has 108 valence electrons. The summed E-state index contributed by atoms with van der Waals surface area (Å²) < 4.78 is 45.4. The minimum atomic E-state index is -4.28. The van der Waals surface area contributed by atoms with Crippen molar-refractivity contribution in [1.82, 2.24) is 10.3 Å². The molecule has 0 aliphatic heterocycles. The first kappa shape index (κ1) is 14.3.